The van der Waals surface area contributed by atoms with E-state index in [1.165, 1.54) is 17.0 Å². The Hall–Kier alpha value is -3.56. The highest BCUT2D eigenvalue weighted by molar-refractivity contribution is 6.38. The van der Waals surface area contributed by atoms with Crippen LogP contribution in [0.25, 0.3) is 10.9 Å². The molecule has 3 N–H and O–H groups in total. The van der Waals surface area contributed by atoms with E-state index in [-0.39, 0.29) is 35.3 Å². The number of halogens is 1. The van der Waals surface area contributed by atoms with Crippen molar-refractivity contribution in [2.24, 2.45) is 11.3 Å². The van der Waals surface area contributed by atoms with Gasteiger partial charge in [-0.25, -0.2) is 4.39 Å². The van der Waals surface area contributed by atoms with Gasteiger partial charge in [-0.2, -0.15) is 0 Å². The van der Waals surface area contributed by atoms with Crippen LogP contribution in [0.4, 0.5) is 4.39 Å². The second kappa shape index (κ2) is 9.88. The molecular formula is C29H33FN4O5. The number of carbonyl (C=O) groups excluding carboxylic acids is 5. The summed E-state index contributed by atoms with van der Waals surface area (Å²) >= 11 is 0. The normalized spacial score (nSPS) is 24.5. The zero-order valence-corrected chi connectivity index (χ0v) is 21.8. The first-order chi connectivity index (χ1) is 18.7. The molecule has 0 bridgehead atoms. The summed E-state index contributed by atoms with van der Waals surface area (Å²) < 4.78 is 14.3. The molecule has 1 saturated heterocycles. The van der Waals surface area contributed by atoms with Gasteiger partial charge in [0.05, 0.1) is 6.04 Å². The number of nitrogens with one attached hydrogen (secondary N) is 3. The Morgan fingerprint density at radius 3 is 2.59 bits per heavy atom. The number of hydrogen-bond donors (Lipinski definition) is 3. The molecule has 3 atom stereocenters. The molecule has 3 saturated carbocycles. The Morgan fingerprint density at radius 2 is 1.92 bits per heavy atom. The molecule has 4 aliphatic rings. The maximum absolute atomic E-state index is 14.3. The van der Waals surface area contributed by atoms with Gasteiger partial charge in [0, 0.05) is 35.8 Å². The number of Topliss-reactive ketones (excluding diaryl/α,β-unsaturated/α-hetero) is 2. The van der Waals surface area contributed by atoms with Crippen LogP contribution >= 0.6 is 0 Å². The lowest BCUT2D eigenvalue weighted by Crippen LogP contribution is -2.58. The molecule has 9 nitrogen and oxygen atoms in total. The SMILES string of the molecule is O=C(NC1CC1)C(=O)C(CC1CCCC1=O)NC(=O)C1CC2(CCN1C(=O)c1cc3c(F)cccc3[nH]1)CC2. The highest BCUT2D eigenvalue weighted by Crippen LogP contribution is 2.55. The van der Waals surface area contributed by atoms with Crippen molar-refractivity contribution in [1.29, 1.82) is 0 Å². The summed E-state index contributed by atoms with van der Waals surface area (Å²) in [5, 5.41) is 5.77. The highest BCUT2D eigenvalue weighted by atomic mass is 19.1. The fraction of sp³-hybridized carbons (Fsp3) is 0.552. The number of aromatic amines is 1. The third-order valence-electron chi connectivity index (χ3n) is 8.97. The van der Waals surface area contributed by atoms with Crippen LogP contribution in [0.1, 0.15) is 74.7 Å². The maximum atomic E-state index is 14.3. The van der Waals surface area contributed by atoms with Crippen molar-refractivity contribution in [3.05, 3.63) is 35.8 Å². The van der Waals surface area contributed by atoms with E-state index in [1.54, 1.807) is 12.1 Å². The largest absolute Gasteiger partial charge is 0.350 e. The number of nitrogens with zero attached hydrogens (tertiary/aromatic N) is 1. The van der Waals surface area contributed by atoms with Gasteiger partial charge in [0.1, 0.15) is 23.3 Å². The number of fused-ring (bicyclic) bond motifs is 1. The van der Waals surface area contributed by atoms with Crippen molar-refractivity contribution in [2.45, 2.75) is 82.3 Å². The molecule has 3 aliphatic carbocycles. The number of ketones is 2. The van der Waals surface area contributed by atoms with Crippen LogP contribution in [-0.2, 0) is 19.2 Å². The molecule has 3 amide bonds. The standard InChI is InChI=1S/C29H33FN4O5/c30-19-4-2-5-20-18(19)14-22(32-20)28(39)34-12-11-29(9-10-29)15-23(34)26(37)33-21(13-16-3-1-6-24(16)35)25(36)27(38)31-17-7-8-17/h2,4-5,14,16-17,21,23,32H,1,3,6-13,15H2,(H,31,38)(H,33,37). The van der Waals surface area contributed by atoms with Gasteiger partial charge in [0.2, 0.25) is 11.7 Å². The molecule has 6 rings (SSSR count). The van der Waals surface area contributed by atoms with Crippen LogP contribution in [-0.4, -0.2) is 63.8 Å². The molecule has 2 aromatic rings. The fourth-order valence-corrected chi connectivity index (χ4v) is 6.20. The predicted octanol–water partition coefficient (Wildman–Crippen LogP) is 2.78. The topological polar surface area (TPSA) is 128 Å². The Balaban J connectivity index is 1.24. The Morgan fingerprint density at radius 1 is 1.13 bits per heavy atom. The van der Waals surface area contributed by atoms with E-state index in [9.17, 15) is 28.4 Å². The van der Waals surface area contributed by atoms with Crippen molar-refractivity contribution in [3.63, 3.8) is 0 Å². The minimum atomic E-state index is -1.14. The zero-order chi connectivity index (χ0) is 27.3. The van der Waals surface area contributed by atoms with Crippen molar-refractivity contribution in [3.8, 4) is 0 Å². The van der Waals surface area contributed by atoms with E-state index >= 15 is 0 Å². The summed E-state index contributed by atoms with van der Waals surface area (Å²) in [6.45, 7) is 0.358. The van der Waals surface area contributed by atoms with Gasteiger partial charge in [-0.3, -0.25) is 24.0 Å². The molecule has 1 aromatic carbocycles. The van der Waals surface area contributed by atoms with Gasteiger partial charge in [0.15, 0.2) is 0 Å². The first-order valence-electron chi connectivity index (χ1n) is 14.0. The number of amides is 3. The van der Waals surface area contributed by atoms with E-state index < -0.39 is 41.4 Å². The van der Waals surface area contributed by atoms with E-state index in [0.717, 1.165) is 38.5 Å². The number of likely N-dealkylation sites (tertiary alicyclic amines) is 1. The van der Waals surface area contributed by atoms with Crippen LogP contribution in [0, 0.1) is 17.2 Å². The molecule has 206 valence electrons. The van der Waals surface area contributed by atoms with Crippen molar-refractivity contribution in [1.82, 2.24) is 20.5 Å². The Labute approximate surface area is 225 Å². The third-order valence-corrected chi connectivity index (χ3v) is 8.97. The number of aromatic nitrogens is 1. The van der Waals surface area contributed by atoms with Crippen molar-refractivity contribution >= 4 is 40.2 Å². The van der Waals surface area contributed by atoms with Gasteiger partial charge in [-0.15, -0.1) is 0 Å². The second-order valence-electron chi connectivity index (χ2n) is 11.8. The number of rotatable bonds is 8. The fourth-order valence-electron chi connectivity index (χ4n) is 6.20. The van der Waals surface area contributed by atoms with Gasteiger partial charge in [-0.05, 0) is 81.4 Å². The zero-order valence-electron chi connectivity index (χ0n) is 21.8. The summed E-state index contributed by atoms with van der Waals surface area (Å²) in [7, 11) is 0. The Kier molecular flexibility index (Phi) is 6.51. The molecule has 3 unspecified atom stereocenters. The van der Waals surface area contributed by atoms with E-state index in [0.29, 0.717) is 36.7 Å². The van der Waals surface area contributed by atoms with Gasteiger partial charge in [0.25, 0.3) is 11.8 Å². The number of hydrogen-bond acceptors (Lipinski definition) is 5. The van der Waals surface area contributed by atoms with Gasteiger partial charge >= 0.3 is 0 Å². The predicted molar refractivity (Wildman–Crippen MR) is 139 cm³/mol. The molecule has 2 heterocycles. The van der Waals surface area contributed by atoms with Crippen molar-refractivity contribution < 1.29 is 28.4 Å². The molecule has 1 spiro atoms. The number of H-pyrrole nitrogens is 1. The van der Waals surface area contributed by atoms with Crippen LogP contribution in [0.3, 0.4) is 0 Å². The minimum Gasteiger partial charge on any atom is -0.350 e. The second-order valence-corrected chi connectivity index (χ2v) is 11.8. The van der Waals surface area contributed by atoms with Crippen LogP contribution in [0.5, 0.6) is 0 Å². The lowest BCUT2D eigenvalue weighted by atomic mass is 9.86. The molecular weight excluding hydrogens is 503 g/mol. The first-order valence-corrected chi connectivity index (χ1v) is 14.0. The van der Waals surface area contributed by atoms with Gasteiger partial charge < -0.3 is 20.5 Å². The molecule has 1 aromatic heterocycles. The molecule has 39 heavy (non-hydrogen) atoms. The van der Waals surface area contributed by atoms with E-state index in [2.05, 4.69) is 15.6 Å². The molecule has 1 aliphatic heterocycles. The van der Waals surface area contributed by atoms with Gasteiger partial charge in [-0.1, -0.05) is 6.07 Å². The lowest BCUT2D eigenvalue weighted by Gasteiger charge is -2.39. The van der Waals surface area contributed by atoms with Crippen LogP contribution < -0.4 is 10.6 Å². The summed E-state index contributed by atoms with van der Waals surface area (Å²) in [6.07, 6.45) is 6.66. The molecule has 0 radical (unpaired) electrons. The van der Waals surface area contributed by atoms with Crippen LogP contribution in [0.2, 0.25) is 0 Å². The molecule has 4 fully saturated rings. The quantitative estimate of drug-likeness (QED) is 0.447. The monoisotopic (exact) mass is 536 g/mol. The highest BCUT2D eigenvalue weighted by Gasteiger charge is 2.51. The smallest absolute Gasteiger partial charge is 0.289 e. The summed E-state index contributed by atoms with van der Waals surface area (Å²) in [5.41, 5.74) is 0.673. The third kappa shape index (κ3) is 5.21. The minimum absolute atomic E-state index is 0.00435. The molecule has 10 heteroatoms. The lowest BCUT2D eigenvalue weighted by molar-refractivity contribution is -0.141. The first kappa shape index (κ1) is 25.7. The van der Waals surface area contributed by atoms with E-state index in [4.69, 9.17) is 0 Å². The van der Waals surface area contributed by atoms with E-state index in [1.807, 2.05) is 0 Å². The number of piperidine rings is 1. The summed E-state index contributed by atoms with van der Waals surface area (Å²) in [4.78, 5) is 70.0. The number of carbonyl (C=O) groups is 5. The Bertz CT molecular complexity index is 1360. The average Bonchev–Trinajstić information content (AvgIpc) is 3.80. The van der Waals surface area contributed by atoms with Crippen molar-refractivity contribution in [2.75, 3.05) is 6.54 Å². The number of benzene rings is 1. The van der Waals surface area contributed by atoms with Crippen LogP contribution in [0.15, 0.2) is 24.3 Å². The summed E-state index contributed by atoms with van der Waals surface area (Å²) in [6, 6.07) is 4.02. The maximum Gasteiger partial charge on any atom is 0.289 e. The average molecular weight is 537 g/mol. The summed E-state index contributed by atoms with van der Waals surface area (Å²) in [5.74, 6) is -3.20.